The minimum Gasteiger partial charge on any atom is -0.452 e. The van der Waals surface area contributed by atoms with Crippen molar-refractivity contribution in [3.63, 3.8) is 0 Å². The summed E-state index contributed by atoms with van der Waals surface area (Å²) >= 11 is 0. The minimum absolute atomic E-state index is 0.0449. The molecule has 0 aromatic heterocycles. The number of benzene rings is 1. The van der Waals surface area contributed by atoms with E-state index < -0.39 is 0 Å². The maximum atomic E-state index is 12.2. The van der Waals surface area contributed by atoms with Crippen LogP contribution in [0.1, 0.15) is 32.8 Å². The van der Waals surface area contributed by atoms with Gasteiger partial charge in [-0.2, -0.15) is 0 Å². The zero-order valence-corrected chi connectivity index (χ0v) is 15.2. The van der Waals surface area contributed by atoms with Crippen LogP contribution in [0.5, 0.6) is 0 Å². The summed E-state index contributed by atoms with van der Waals surface area (Å²) in [6.07, 6.45) is 2.23. The highest BCUT2D eigenvalue weighted by Crippen LogP contribution is 2.28. The molecule has 1 aliphatic rings. The van der Waals surface area contributed by atoms with Gasteiger partial charge in [0.2, 0.25) is 5.88 Å². The Bertz CT molecular complexity index is 611. The normalized spacial score (nSPS) is 19.2. The third-order valence-corrected chi connectivity index (χ3v) is 4.46. The first-order valence-electron chi connectivity index (χ1n) is 8.62. The van der Waals surface area contributed by atoms with E-state index in [1.165, 1.54) is 0 Å². The monoisotopic (exact) mass is 345 g/mol. The van der Waals surface area contributed by atoms with E-state index in [4.69, 9.17) is 14.2 Å². The van der Waals surface area contributed by atoms with Crippen molar-refractivity contribution in [1.82, 2.24) is 4.90 Å². The highest BCUT2D eigenvalue weighted by molar-refractivity contribution is 5.72. The quantitative estimate of drug-likeness (QED) is 0.287. The Morgan fingerprint density at radius 1 is 1.44 bits per heavy atom. The number of allylic oxidation sites excluding steroid dienone is 2. The third kappa shape index (κ3) is 4.86. The third-order valence-electron chi connectivity index (χ3n) is 4.46. The van der Waals surface area contributed by atoms with Gasteiger partial charge in [0.15, 0.2) is 6.79 Å². The molecule has 1 aromatic carbocycles. The molecule has 1 amide bonds. The molecule has 0 radical (unpaired) electrons. The van der Waals surface area contributed by atoms with Gasteiger partial charge in [0.25, 0.3) is 0 Å². The predicted molar refractivity (Wildman–Crippen MR) is 96.5 cm³/mol. The summed E-state index contributed by atoms with van der Waals surface area (Å²) < 4.78 is 16.6. The van der Waals surface area contributed by atoms with Gasteiger partial charge in [-0.1, -0.05) is 63.3 Å². The molecular formula is C20H27NO4. The Hall–Kier alpha value is -2.27. The molecule has 0 saturated carbocycles. The van der Waals surface area contributed by atoms with Gasteiger partial charge >= 0.3 is 6.09 Å². The average molecular weight is 345 g/mol. The number of hydrogen-bond acceptors (Lipinski definition) is 4. The maximum Gasteiger partial charge on any atom is 0.417 e. The first-order valence-corrected chi connectivity index (χ1v) is 8.62. The lowest BCUT2D eigenvalue weighted by Gasteiger charge is -2.28. The van der Waals surface area contributed by atoms with E-state index in [1.54, 1.807) is 11.0 Å². The van der Waals surface area contributed by atoms with Gasteiger partial charge in [0.1, 0.15) is 6.61 Å². The molecule has 1 aromatic rings. The van der Waals surface area contributed by atoms with Crippen LogP contribution in [-0.2, 0) is 20.8 Å². The van der Waals surface area contributed by atoms with Crippen molar-refractivity contribution < 1.29 is 19.0 Å². The molecule has 136 valence electrons. The molecule has 5 heteroatoms. The fourth-order valence-corrected chi connectivity index (χ4v) is 2.65. The smallest absolute Gasteiger partial charge is 0.417 e. The lowest BCUT2D eigenvalue weighted by molar-refractivity contribution is -0.0540. The Kier molecular flexibility index (Phi) is 7.07. The minimum atomic E-state index is -0.385. The Balaban J connectivity index is 2.03. The zero-order chi connectivity index (χ0) is 18.2. The van der Waals surface area contributed by atoms with Gasteiger partial charge in [0.05, 0.1) is 12.6 Å². The molecule has 1 saturated heterocycles. The number of amides is 1. The van der Waals surface area contributed by atoms with E-state index in [1.807, 2.05) is 37.3 Å². The van der Waals surface area contributed by atoms with E-state index in [-0.39, 0.29) is 18.9 Å². The topological polar surface area (TPSA) is 48.0 Å². The number of rotatable bonds is 9. The van der Waals surface area contributed by atoms with Crippen LogP contribution in [0.4, 0.5) is 4.79 Å². The summed E-state index contributed by atoms with van der Waals surface area (Å²) in [6, 6.07) is 9.82. The van der Waals surface area contributed by atoms with Gasteiger partial charge in [-0.25, -0.2) is 9.69 Å². The molecular weight excluding hydrogens is 318 g/mol. The maximum absolute atomic E-state index is 12.2. The van der Waals surface area contributed by atoms with Crippen LogP contribution in [0.15, 0.2) is 54.4 Å². The highest BCUT2D eigenvalue weighted by Gasteiger charge is 2.39. The molecule has 1 fully saturated rings. The highest BCUT2D eigenvalue weighted by atomic mass is 16.7. The summed E-state index contributed by atoms with van der Waals surface area (Å²) in [6.45, 7) is 10.7. The van der Waals surface area contributed by atoms with E-state index >= 15 is 0 Å². The molecule has 1 unspecified atom stereocenters. The molecule has 1 heterocycles. The van der Waals surface area contributed by atoms with Gasteiger partial charge in [0, 0.05) is 5.57 Å². The molecule has 5 nitrogen and oxygen atoms in total. The average Bonchev–Trinajstić information content (AvgIpc) is 3.02. The summed E-state index contributed by atoms with van der Waals surface area (Å²) in [5.41, 5.74) is 1.84. The second kappa shape index (κ2) is 9.28. The van der Waals surface area contributed by atoms with Crippen LogP contribution in [0, 0.1) is 5.92 Å². The van der Waals surface area contributed by atoms with Crippen molar-refractivity contribution >= 4 is 6.09 Å². The van der Waals surface area contributed by atoms with Crippen LogP contribution < -0.4 is 0 Å². The number of cyclic esters (lactones) is 1. The second-order valence-electron chi connectivity index (χ2n) is 6.19. The van der Waals surface area contributed by atoms with Crippen molar-refractivity contribution in [2.45, 2.75) is 39.8 Å². The van der Waals surface area contributed by atoms with Crippen LogP contribution in [0.2, 0.25) is 0 Å². The molecule has 0 spiro atoms. The van der Waals surface area contributed by atoms with Crippen molar-refractivity contribution in [2.24, 2.45) is 5.92 Å². The zero-order valence-electron chi connectivity index (χ0n) is 15.2. The Morgan fingerprint density at radius 2 is 2.16 bits per heavy atom. The predicted octanol–water partition coefficient (Wildman–Crippen LogP) is 4.46. The number of nitrogens with zero attached hydrogens (tertiary/aromatic N) is 1. The first-order chi connectivity index (χ1) is 12.1. The number of hydrogen-bond donors (Lipinski definition) is 0. The number of carbonyl (C=O) groups is 1. The van der Waals surface area contributed by atoms with E-state index in [2.05, 4.69) is 20.4 Å². The Labute approximate surface area is 149 Å². The summed E-state index contributed by atoms with van der Waals surface area (Å²) in [5.74, 6) is 0.753. The van der Waals surface area contributed by atoms with Gasteiger partial charge in [-0.05, 0) is 18.4 Å². The van der Waals surface area contributed by atoms with Crippen LogP contribution in [0.25, 0.3) is 0 Å². The molecule has 2 atom stereocenters. The molecule has 25 heavy (non-hydrogen) atoms. The molecule has 1 aliphatic heterocycles. The van der Waals surface area contributed by atoms with Crippen molar-refractivity contribution in [3.8, 4) is 0 Å². The van der Waals surface area contributed by atoms with Crippen molar-refractivity contribution in [2.75, 3.05) is 13.4 Å². The molecule has 2 rings (SSSR count). The van der Waals surface area contributed by atoms with Crippen molar-refractivity contribution in [1.29, 1.82) is 0 Å². The van der Waals surface area contributed by atoms with Gasteiger partial charge in [-0.15, -0.1) is 0 Å². The van der Waals surface area contributed by atoms with Crippen LogP contribution >= 0.6 is 0 Å². The van der Waals surface area contributed by atoms with Crippen LogP contribution in [0.3, 0.4) is 0 Å². The SMILES string of the molecule is C=C/C(C)=C(/OCOCc1ccccc1)N1C(=O)OC[C@@H]1C(C)CC. The molecule has 0 aliphatic carbocycles. The van der Waals surface area contributed by atoms with E-state index in [0.29, 0.717) is 25.0 Å². The van der Waals surface area contributed by atoms with Crippen LogP contribution in [-0.4, -0.2) is 30.4 Å². The molecule has 0 N–H and O–H groups in total. The summed E-state index contributed by atoms with van der Waals surface area (Å²) in [4.78, 5) is 13.8. The first kappa shape index (κ1) is 19.1. The number of ether oxygens (including phenoxy) is 3. The Morgan fingerprint density at radius 3 is 2.80 bits per heavy atom. The fraction of sp³-hybridized carbons (Fsp3) is 0.450. The molecule has 0 bridgehead atoms. The van der Waals surface area contributed by atoms with Gasteiger partial charge in [-0.3, -0.25) is 0 Å². The standard InChI is InChI=1S/C20H27NO4/c1-5-15(3)18-13-24-20(22)21(18)19(16(4)6-2)25-14-23-12-17-10-8-7-9-11-17/h6-11,15,18H,2,5,12-14H2,1,3-4H3/b19-16+/t15?,18-/m1/s1. The van der Waals surface area contributed by atoms with E-state index in [0.717, 1.165) is 17.6 Å². The van der Waals surface area contributed by atoms with E-state index in [9.17, 15) is 4.79 Å². The van der Waals surface area contributed by atoms with Gasteiger partial charge < -0.3 is 14.2 Å². The fourth-order valence-electron chi connectivity index (χ4n) is 2.65. The second-order valence-corrected chi connectivity index (χ2v) is 6.19. The number of carbonyl (C=O) groups excluding carboxylic acids is 1. The largest absolute Gasteiger partial charge is 0.452 e. The summed E-state index contributed by atoms with van der Waals surface area (Å²) in [7, 11) is 0. The van der Waals surface area contributed by atoms with Crippen molar-refractivity contribution in [3.05, 3.63) is 60.0 Å². The lowest BCUT2D eigenvalue weighted by atomic mass is 9.99. The lowest BCUT2D eigenvalue weighted by Crippen LogP contribution is -2.38. The summed E-state index contributed by atoms with van der Waals surface area (Å²) in [5, 5.41) is 0.